The predicted octanol–water partition coefficient (Wildman–Crippen LogP) is 3.30. The van der Waals surface area contributed by atoms with Gasteiger partial charge in [-0.25, -0.2) is 0 Å². The molecule has 0 saturated heterocycles. The Balaban J connectivity index is 3.86. The highest BCUT2D eigenvalue weighted by Gasteiger charge is 2.12. The summed E-state index contributed by atoms with van der Waals surface area (Å²) in [6, 6.07) is 0. The van der Waals surface area contributed by atoms with Crippen LogP contribution in [0.2, 0.25) is 0 Å². The van der Waals surface area contributed by atoms with Crippen molar-refractivity contribution in [3.05, 3.63) is 12.2 Å². The van der Waals surface area contributed by atoms with Crippen molar-refractivity contribution >= 4 is 5.97 Å². The highest BCUT2D eigenvalue weighted by atomic mass is 16.7. The molecule has 0 bridgehead atoms. The molecular weight excluding hydrogens is 252 g/mol. The number of carbonyl (C=O) groups excluding carboxylic acids is 1. The molecule has 3 heteroatoms. The first-order chi connectivity index (χ1) is 9.63. The molecule has 0 N–H and O–H groups in total. The van der Waals surface area contributed by atoms with Crippen LogP contribution in [0.15, 0.2) is 12.2 Å². The number of esters is 1. The molecule has 1 unspecified atom stereocenters. The van der Waals surface area contributed by atoms with Gasteiger partial charge >= 0.3 is 5.97 Å². The van der Waals surface area contributed by atoms with Crippen molar-refractivity contribution < 1.29 is 14.3 Å². The Morgan fingerprint density at radius 1 is 1.30 bits per heavy atom. The van der Waals surface area contributed by atoms with Gasteiger partial charge in [-0.05, 0) is 26.7 Å². The molecule has 0 amide bonds. The number of unbranched alkanes of at least 4 members (excludes halogenated alkanes) is 1. The zero-order chi connectivity index (χ0) is 15.2. The zero-order valence-electron chi connectivity index (χ0n) is 12.4. The average molecular weight is 276 g/mol. The quantitative estimate of drug-likeness (QED) is 0.202. The number of hydrogen-bond donors (Lipinski definition) is 0. The first-order valence-electron chi connectivity index (χ1n) is 6.93. The first kappa shape index (κ1) is 18.3. The third kappa shape index (κ3) is 10.2. The molecule has 0 radical (unpaired) electrons. The molecule has 0 fully saturated rings. The molecule has 110 valence electrons. The van der Waals surface area contributed by atoms with Crippen LogP contribution in [-0.4, -0.2) is 18.9 Å². The van der Waals surface area contributed by atoms with Crippen LogP contribution in [0, 0.1) is 30.6 Å². The molecule has 20 heavy (non-hydrogen) atoms. The molecule has 0 aromatic carbocycles. The van der Waals surface area contributed by atoms with E-state index in [1.165, 1.54) is 0 Å². The Bertz CT molecular complexity index is 355. The highest BCUT2D eigenvalue weighted by molar-refractivity contribution is 5.69. The molecular formula is C17H24O3. The van der Waals surface area contributed by atoms with E-state index < -0.39 is 6.29 Å². The van der Waals surface area contributed by atoms with E-state index in [1.807, 2.05) is 19.1 Å². The minimum atomic E-state index is -0.567. The van der Waals surface area contributed by atoms with E-state index in [0.717, 1.165) is 12.8 Å². The van der Waals surface area contributed by atoms with E-state index in [4.69, 9.17) is 22.3 Å². The van der Waals surface area contributed by atoms with E-state index in [-0.39, 0.29) is 11.9 Å². The number of carbonyl (C=O) groups is 1. The van der Waals surface area contributed by atoms with Crippen molar-refractivity contribution in [3.63, 3.8) is 0 Å². The zero-order valence-corrected chi connectivity index (χ0v) is 12.4. The highest BCUT2D eigenvalue weighted by Crippen LogP contribution is 2.10. The monoisotopic (exact) mass is 276 g/mol. The largest absolute Gasteiger partial charge is 0.436 e. The van der Waals surface area contributed by atoms with Crippen LogP contribution < -0.4 is 0 Å². The van der Waals surface area contributed by atoms with Crippen LogP contribution in [-0.2, 0) is 14.3 Å². The Kier molecular flexibility index (Phi) is 11.3. The Morgan fingerprint density at radius 3 is 2.50 bits per heavy atom. The third-order valence-electron chi connectivity index (χ3n) is 2.66. The summed E-state index contributed by atoms with van der Waals surface area (Å²) in [5.74, 6) is 5.00. The van der Waals surface area contributed by atoms with Gasteiger partial charge in [0.25, 0.3) is 0 Å². The van der Waals surface area contributed by atoms with Crippen molar-refractivity contribution in [1.82, 2.24) is 0 Å². The van der Waals surface area contributed by atoms with Crippen LogP contribution in [0.25, 0.3) is 0 Å². The average Bonchev–Trinajstić information content (AvgIpc) is 2.41. The normalized spacial score (nSPS) is 12.1. The van der Waals surface area contributed by atoms with E-state index in [1.54, 1.807) is 6.92 Å². The summed E-state index contributed by atoms with van der Waals surface area (Å²) in [4.78, 5) is 11.5. The predicted molar refractivity (Wildman–Crippen MR) is 80.6 cm³/mol. The number of rotatable bonds is 10. The van der Waals surface area contributed by atoms with Gasteiger partial charge in [-0.2, -0.15) is 0 Å². The lowest BCUT2D eigenvalue weighted by Crippen LogP contribution is -2.21. The molecule has 0 aliphatic heterocycles. The van der Waals surface area contributed by atoms with Gasteiger partial charge in [-0.15, -0.1) is 24.7 Å². The SMILES string of the molecule is C#CCC(CC#C)COC(C)OC(=O)CCC/C=C\C. The lowest BCUT2D eigenvalue weighted by molar-refractivity contribution is -0.176. The molecule has 1 atom stereocenters. The van der Waals surface area contributed by atoms with Gasteiger partial charge in [0.15, 0.2) is 6.29 Å². The summed E-state index contributed by atoms with van der Waals surface area (Å²) in [6.07, 6.45) is 17.1. The van der Waals surface area contributed by atoms with Crippen molar-refractivity contribution in [3.8, 4) is 24.7 Å². The first-order valence-corrected chi connectivity index (χ1v) is 6.93. The topological polar surface area (TPSA) is 35.5 Å². The maximum Gasteiger partial charge on any atom is 0.308 e. The van der Waals surface area contributed by atoms with Crippen molar-refractivity contribution in [2.45, 2.75) is 52.2 Å². The second-order valence-corrected chi connectivity index (χ2v) is 4.53. The lowest BCUT2D eigenvalue weighted by atomic mass is 10.0. The molecule has 0 aromatic heterocycles. The van der Waals surface area contributed by atoms with Crippen molar-refractivity contribution in [2.24, 2.45) is 5.92 Å². The maximum atomic E-state index is 11.5. The second-order valence-electron chi connectivity index (χ2n) is 4.53. The lowest BCUT2D eigenvalue weighted by Gasteiger charge is -2.17. The minimum absolute atomic E-state index is 0.112. The summed E-state index contributed by atoms with van der Waals surface area (Å²) < 4.78 is 10.6. The molecule has 3 nitrogen and oxygen atoms in total. The van der Waals surface area contributed by atoms with Gasteiger partial charge in [0.1, 0.15) is 0 Å². The maximum absolute atomic E-state index is 11.5. The van der Waals surface area contributed by atoms with Gasteiger partial charge in [0, 0.05) is 25.2 Å². The van der Waals surface area contributed by atoms with Gasteiger partial charge < -0.3 is 9.47 Å². The van der Waals surface area contributed by atoms with E-state index >= 15 is 0 Å². The van der Waals surface area contributed by atoms with E-state index in [9.17, 15) is 4.79 Å². The minimum Gasteiger partial charge on any atom is -0.436 e. The molecule has 0 spiro atoms. The fraction of sp³-hybridized carbons (Fsp3) is 0.588. The third-order valence-corrected chi connectivity index (χ3v) is 2.66. The smallest absolute Gasteiger partial charge is 0.308 e. The van der Waals surface area contributed by atoms with Gasteiger partial charge in [0.2, 0.25) is 0 Å². The summed E-state index contributed by atoms with van der Waals surface area (Å²) >= 11 is 0. The fourth-order valence-corrected chi connectivity index (χ4v) is 1.60. The summed E-state index contributed by atoms with van der Waals surface area (Å²) in [7, 11) is 0. The summed E-state index contributed by atoms with van der Waals surface area (Å²) in [6.45, 7) is 4.06. The van der Waals surface area contributed by atoms with Crippen LogP contribution in [0.3, 0.4) is 0 Å². The Hall–Kier alpha value is -1.71. The molecule has 0 aliphatic rings. The van der Waals surface area contributed by atoms with Crippen LogP contribution in [0.5, 0.6) is 0 Å². The molecule has 0 rings (SSSR count). The van der Waals surface area contributed by atoms with Crippen LogP contribution in [0.4, 0.5) is 0 Å². The molecule has 0 aliphatic carbocycles. The van der Waals surface area contributed by atoms with E-state index in [2.05, 4.69) is 11.8 Å². The van der Waals surface area contributed by atoms with E-state index in [0.29, 0.717) is 25.9 Å². The molecule has 0 saturated carbocycles. The molecule has 0 heterocycles. The number of hydrogen-bond acceptors (Lipinski definition) is 3. The van der Waals surface area contributed by atoms with Crippen molar-refractivity contribution in [1.29, 1.82) is 0 Å². The van der Waals surface area contributed by atoms with Gasteiger partial charge in [-0.1, -0.05) is 12.2 Å². The molecule has 0 aromatic rings. The van der Waals surface area contributed by atoms with Crippen LogP contribution in [0.1, 0.15) is 46.0 Å². The Morgan fingerprint density at radius 2 is 1.95 bits per heavy atom. The summed E-state index contributed by atoms with van der Waals surface area (Å²) in [5.41, 5.74) is 0. The van der Waals surface area contributed by atoms with Crippen LogP contribution >= 0.6 is 0 Å². The van der Waals surface area contributed by atoms with Crippen molar-refractivity contribution in [2.75, 3.05) is 6.61 Å². The van der Waals surface area contributed by atoms with Gasteiger partial charge in [0.05, 0.1) is 6.61 Å². The number of allylic oxidation sites excluding steroid dienone is 2. The Labute approximate surface area is 122 Å². The second kappa shape index (κ2) is 12.3. The number of ether oxygens (including phenoxy) is 2. The number of terminal acetylenes is 2. The standard InChI is InChI=1S/C17H24O3/c1-5-8-9-10-13-17(18)20-15(4)19-14-16(11-6-2)12-7-3/h2-3,5,8,15-16H,9-14H2,1,4H3/b8-5-. The fourth-order valence-electron chi connectivity index (χ4n) is 1.60. The summed E-state index contributed by atoms with van der Waals surface area (Å²) in [5, 5.41) is 0. The van der Waals surface area contributed by atoms with Gasteiger partial charge in [-0.3, -0.25) is 4.79 Å².